The van der Waals surface area contributed by atoms with Gasteiger partial charge in [-0.25, -0.2) is 15.8 Å². The molecule has 0 bridgehead atoms. The zero-order valence-electron chi connectivity index (χ0n) is 11.3. The number of nitrogens with two attached hydrogens (primary N) is 1. The van der Waals surface area contributed by atoms with Gasteiger partial charge in [0.1, 0.15) is 18.0 Å². The molecule has 1 aliphatic carbocycles. The van der Waals surface area contributed by atoms with Crippen LogP contribution in [0.2, 0.25) is 0 Å². The maximum atomic E-state index is 5.56. The Morgan fingerprint density at radius 3 is 2.67 bits per heavy atom. The van der Waals surface area contributed by atoms with Gasteiger partial charge in [0.2, 0.25) is 0 Å². The highest BCUT2D eigenvalue weighted by molar-refractivity contribution is 5.59. The van der Waals surface area contributed by atoms with Gasteiger partial charge in [-0.15, -0.1) is 0 Å². The van der Waals surface area contributed by atoms with E-state index in [4.69, 9.17) is 5.84 Å². The monoisotopic (exact) mass is 249 g/mol. The molecule has 2 rings (SSSR count). The highest BCUT2D eigenvalue weighted by atomic mass is 15.3. The Bertz CT molecular complexity index is 389. The lowest BCUT2D eigenvalue weighted by Gasteiger charge is -2.26. The van der Waals surface area contributed by atoms with Crippen LogP contribution >= 0.6 is 0 Å². The van der Waals surface area contributed by atoms with Gasteiger partial charge in [-0.3, -0.25) is 0 Å². The fourth-order valence-electron chi connectivity index (χ4n) is 2.34. The van der Waals surface area contributed by atoms with E-state index in [1.807, 2.05) is 0 Å². The van der Waals surface area contributed by atoms with Crippen molar-refractivity contribution >= 4 is 11.6 Å². The molecular weight excluding hydrogens is 226 g/mol. The van der Waals surface area contributed by atoms with E-state index in [1.165, 1.54) is 12.8 Å². The van der Waals surface area contributed by atoms with E-state index < -0.39 is 0 Å². The van der Waals surface area contributed by atoms with Crippen molar-refractivity contribution in [2.75, 3.05) is 16.9 Å². The summed E-state index contributed by atoms with van der Waals surface area (Å²) in [5.74, 6) is 7.40. The van der Waals surface area contributed by atoms with Gasteiger partial charge in [0.25, 0.3) is 0 Å². The third-order valence-electron chi connectivity index (χ3n) is 3.28. The normalized spacial score (nSPS) is 14.6. The van der Waals surface area contributed by atoms with Crippen molar-refractivity contribution in [1.82, 2.24) is 9.97 Å². The van der Waals surface area contributed by atoms with Crippen LogP contribution in [-0.2, 0) is 6.42 Å². The lowest BCUT2D eigenvalue weighted by atomic mass is 10.1. The van der Waals surface area contributed by atoms with Crippen molar-refractivity contribution in [2.45, 2.75) is 52.0 Å². The van der Waals surface area contributed by atoms with Crippen LogP contribution < -0.4 is 16.2 Å². The van der Waals surface area contributed by atoms with Crippen molar-refractivity contribution in [1.29, 1.82) is 0 Å². The minimum absolute atomic E-state index is 0.668. The number of hydrogen-bond donors (Lipinski definition) is 2. The molecule has 0 amide bonds. The SMILES string of the molecule is CCCc1c(NN)ncnc1N(CCC)C1CC1. The molecule has 1 aliphatic rings. The number of nitrogen functional groups attached to an aromatic ring is 1. The van der Waals surface area contributed by atoms with Gasteiger partial charge in [0.15, 0.2) is 0 Å². The van der Waals surface area contributed by atoms with Gasteiger partial charge in [-0.1, -0.05) is 20.3 Å². The molecule has 0 spiro atoms. The Labute approximate surface area is 109 Å². The molecule has 5 nitrogen and oxygen atoms in total. The van der Waals surface area contributed by atoms with Crippen LogP contribution in [0.15, 0.2) is 6.33 Å². The maximum absolute atomic E-state index is 5.56. The number of hydrogen-bond acceptors (Lipinski definition) is 5. The Morgan fingerprint density at radius 2 is 2.11 bits per heavy atom. The molecule has 0 unspecified atom stereocenters. The molecule has 0 saturated heterocycles. The summed E-state index contributed by atoms with van der Waals surface area (Å²) in [7, 11) is 0. The van der Waals surface area contributed by atoms with Crippen molar-refractivity contribution in [3.05, 3.63) is 11.9 Å². The average Bonchev–Trinajstić information content (AvgIpc) is 3.21. The predicted molar refractivity (Wildman–Crippen MR) is 74.5 cm³/mol. The number of nitrogens with zero attached hydrogens (tertiary/aromatic N) is 3. The maximum Gasteiger partial charge on any atom is 0.148 e. The third kappa shape index (κ3) is 2.72. The molecule has 1 saturated carbocycles. The Balaban J connectivity index is 2.33. The lowest BCUT2D eigenvalue weighted by Crippen LogP contribution is -2.29. The van der Waals surface area contributed by atoms with Crippen LogP contribution in [0.4, 0.5) is 11.6 Å². The fraction of sp³-hybridized carbons (Fsp3) is 0.692. The Morgan fingerprint density at radius 1 is 1.33 bits per heavy atom. The first-order chi connectivity index (χ1) is 8.81. The molecule has 0 aromatic carbocycles. The summed E-state index contributed by atoms with van der Waals surface area (Å²) in [6.45, 7) is 5.43. The smallest absolute Gasteiger partial charge is 0.148 e. The highest BCUT2D eigenvalue weighted by Gasteiger charge is 2.31. The summed E-state index contributed by atoms with van der Waals surface area (Å²) in [6.07, 6.45) is 7.33. The predicted octanol–water partition coefficient (Wildman–Crippen LogP) is 2.09. The number of rotatable bonds is 7. The lowest BCUT2D eigenvalue weighted by molar-refractivity contribution is 0.737. The van der Waals surface area contributed by atoms with Gasteiger partial charge in [-0.2, -0.15) is 0 Å². The van der Waals surface area contributed by atoms with E-state index in [2.05, 4.69) is 34.1 Å². The van der Waals surface area contributed by atoms with Gasteiger partial charge in [-0.05, 0) is 25.7 Å². The van der Waals surface area contributed by atoms with Crippen LogP contribution in [0.1, 0.15) is 45.1 Å². The van der Waals surface area contributed by atoms with Gasteiger partial charge in [0.05, 0.1) is 0 Å². The molecule has 1 aromatic rings. The molecule has 1 fully saturated rings. The number of hydrazine groups is 1. The first kappa shape index (κ1) is 13.1. The molecule has 0 radical (unpaired) electrons. The van der Waals surface area contributed by atoms with Crippen LogP contribution in [-0.4, -0.2) is 22.6 Å². The molecule has 1 aromatic heterocycles. The largest absolute Gasteiger partial charge is 0.353 e. The summed E-state index contributed by atoms with van der Waals surface area (Å²) < 4.78 is 0. The van der Waals surface area contributed by atoms with Gasteiger partial charge in [0, 0.05) is 18.2 Å². The molecule has 5 heteroatoms. The molecule has 0 atom stereocenters. The summed E-state index contributed by atoms with van der Waals surface area (Å²) in [4.78, 5) is 11.2. The van der Waals surface area contributed by atoms with Crippen LogP contribution in [0.25, 0.3) is 0 Å². The van der Waals surface area contributed by atoms with E-state index in [-0.39, 0.29) is 0 Å². The van der Waals surface area contributed by atoms with Gasteiger partial charge >= 0.3 is 0 Å². The van der Waals surface area contributed by atoms with Crippen molar-refractivity contribution < 1.29 is 0 Å². The molecule has 1 heterocycles. The summed E-state index contributed by atoms with van der Waals surface area (Å²) >= 11 is 0. The molecular formula is C13H23N5. The Hall–Kier alpha value is -1.36. The quantitative estimate of drug-likeness (QED) is 0.572. The standard InChI is InChI=1S/C13H23N5/c1-3-5-11-12(17-14)15-9-16-13(11)18(8-4-2)10-6-7-10/h9-10H,3-8,14H2,1-2H3,(H,15,16,17). The van der Waals surface area contributed by atoms with E-state index in [9.17, 15) is 0 Å². The molecule has 18 heavy (non-hydrogen) atoms. The van der Waals surface area contributed by atoms with E-state index in [0.29, 0.717) is 6.04 Å². The fourth-order valence-corrected chi connectivity index (χ4v) is 2.34. The van der Waals surface area contributed by atoms with Crippen molar-refractivity contribution in [3.63, 3.8) is 0 Å². The number of nitrogens with one attached hydrogen (secondary N) is 1. The third-order valence-corrected chi connectivity index (χ3v) is 3.28. The number of aromatic nitrogens is 2. The summed E-state index contributed by atoms with van der Waals surface area (Å²) in [6, 6.07) is 0.668. The van der Waals surface area contributed by atoms with E-state index in [1.54, 1.807) is 6.33 Å². The van der Waals surface area contributed by atoms with Crippen LogP contribution in [0.3, 0.4) is 0 Å². The van der Waals surface area contributed by atoms with Crippen molar-refractivity contribution in [2.24, 2.45) is 5.84 Å². The minimum atomic E-state index is 0.668. The van der Waals surface area contributed by atoms with Crippen LogP contribution in [0, 0.1) is 0 Å². The summed E-state index contributed by atoms with van der Waals surface area (Å²) in [5.41, 5.74) is 3.85. The first-order valence-electron chi connectivity index (χ1n) is 6.88. The second-order valence-corrected chi connectivity index (χ2v) is 4.84. The number of anilines is 2. The van der Waals surface area contributed by atoms with Crippen LogP contribution in [0.5, 0.6) is 0 Å². The summed E-state index contributed by atoms with van der Waals surface area (Å²) in [5, 5.41) is 0. The first-order valence-corrected chi connectivity index (χ1v) is 6.88. The zero-order valence-corrected chi connectivity index (χ0v) is 11.3. The van der Waals surface area contributed by atoms with E-state index in [0.717, 1.165) is 43.0 Å². The highest BCUT2D eigenvalue weighted by Crippen LogP contribution is 2.34. The van der Waals surface area contributed by atoms with Gasteiger partial charge < -0.3 is 10.3 Å². The average molecular weight is 249 g/mol. The zero-order chi connectivity index (χ0) is 13.0. The second-order valence-electron chi connectivity index (χ2n) is 4.84. The van der Waals surface area contributed by atoms with E-state index >= 15 is 0 Å². The molecule has 0 aliphatic heterocycles. The second kappa shape index (κ2) is 6.00. The minimum Gasteiger partial charge on any atom is -0.353 e. The molecule has 3 N–H and O–H groups in total. The van der Waals surface area contributed by atoms with Crippen molar-refractivity contribution in [3.8, 4) is 0 Å². The Kier molecular flexibility index (Phi) is 4.36. The topological polar surface area (TPSA) is 67.1 Å². The molecule has 100 valence electrons.